The minimum atomic E-state index is -0.882. The molecule has 1 unspecified atom stereocenters. The number of carboxylic acid groups (broad SMARTS) is 1. The maximum Gasteiger partial charge on any atom is 0.322 e. The number of aliphatic carboxylic acids is 1. The summed E-state index contributed by atoms with van der Waals surface area (Å²) in [6.07, 6.45) is 1.60. The SMILES string of the molecule is CNC(CNc1coc2ccccc12)C(=O)O. The number of carbonyl (C=O) groups is 1. The molecule has 17 heavy (non-hydrogen) atoms. The van der Waals surface area contributed by atoms with E-state index in [0.717, 1.165) is 16.7 Å². The van der Waals surface area contributed by atoms with Crippen LogP contribution in [0.3, 0.4) is 0 Å². The van der Waals surface area contributed by atoms with E-state index in [9.17, 15) is 4.79 Å². The Labute approximate surface area is 98.4 Å². The second kappa shape index (κ2) is 4.88. The van der Waals surface area contributed by atoms with E-state index >= 15 is 0 Å². The van der Waals surface area contributed by atoms with Gasteiger partial charge in [0.25, 0.3) is 0 Å². The molecule has 0 aliphatic heterocycles. The number of nitrogens with one attached hydrogen (secondary N) is 2. The lowest BCUT2D eigenvalue weighted by Gasteiger charge is -2.11. The van der Waals surface area contributed by atoms with Gasteiger partial charge >= 0.3 is 5.97 Å². The molecule has 90 valence electrons. The molecule has 2 aromatic rings. The van der Waals surface area contributed by atoms with E-state index in [2.05, 4.69) is 10.6 Å². The molecule has 3 N–H and O–H groups in total. The summed E-state index contributed by atoms with van der Waals surface area (Å²) in [5.74, 6) is -0.882. The van der Waals surface area contributed by atoms with E-state index in [1.165, 1.54) is 0 Å². The number of anilines is 1. The van der Waals surface area contributed by atoms with Crippen LogP contribution in [0.25, 0.3) is 11.0 Å². The van der Waals surface area contributed by atoms with Crippen molar-refractivity contribution in [2.24, 2.45) is 0 Å². The van der Waals surface area contributed by atoms with Crippen molar-refractivity contribution in [2.45, 2.75) is 6.04 Å². The summed E-state index contributed by atoms with van der Waals surface area (Å²) in [6.45, 7) is 0.301. The van der Waals surface area contributed by atoms with Crippen LogP contribution in [0.4, 0.5) is 5.69 Å². The van der Waals surface area contributed by atoms with Crippen LogP contribution in [-0.4, -0.2) is 30.7 Å². The molecule has 0 saturated carbocycles. The Balaban J connectivity index is 2.11. The zero-order chi connectivity index (χ0) is 12.3. The van der Waals surface area contributed by atoms with E-state index in [4.69, 9.17) is 9.52 Å². The van der Waals surface area contributed by atoms with Crippen molar-refractivity contribution >= 4 is 22.6 Å². The van der Waals surface area contributed by atoms with Gasteiger partial charge in [0, 0.05) is 11.9 Å². The van der Waals surface area contributed by atoms with Crippen LogP contribution in [0.1, 0.15) is 0 Å². The second-order valence-corrected chi connectivity index (χ2v) is 3.71. The van der Waals surface area contributed by atoms with E-state index in [1.54, 1.807) is 13.3 Å². The molecule has 1 aromatic carbocycles. The largest absolute Gasteiger partial charge is 0.480 e. The van der Waals surface area contributed by atoms with Crippen LogP contribution in [0.2, 0.25) is 0 Å². The van der Waals surface area contributed by atoms with Gasteiger partial charge in [-0.2, -0.15) is 0 Å². The van der Waals surface area contributed by atoms with Gasteiger partial charge in [-0.3, -0.25) is 4.79 Å². The molecule has 0 bridgehead atoms. The van der Waals surface area contributed by atoms with Crippen molar-refractivity contribution in [2.75, 3.05) is 18.9 Å². The van der Waals surface area contributed by atoms with Gasteiger partial charge in [-0.1, -0.05) is 12.1 Å². The molecule has 0 amide bonds. The van der Waals surface area contributed by atoms with Gasteiger partial charge in [0.05, 0.1) is 5.69 Å². The number of hydrogen-bond donors (Lipinski definition) is 3. The highest BCUT2D eigenvalue weighted by atomic mass is 16.4. The molecule has 5 heteroatoms. The summed E-state index contributed by atoms with van der Waals surface area (Å²) in [5, 5.41) is 15.6. The number of rotatable bonds is 5. The number of furan rings is 1. The lowest BCUT2D eigenvalue weighted by molar-refractivity contribution is -0.138. The fourth-order valence-corrected chi connectivity index (χ4v) is 1.64. The molecular formula is C12H14N2O3. The molecule has 0 aliphatic rings. The standard InChI is InChI=1S/C12H14N2O3/c1-13-9(12(15)16)6-14-10-7-17-11-5-3-2-4-8(10)11/h2-5,7,9,13-14H,6H2,1H3,(H,15,16). The number of fused-ring (bicyclic) bond motifs is 1. The van der Waals surface area contributed by atoms with Crippen LogP contribution < -0.4 is 10.6 Å². The monoisotopic (exact) mass is 234 g/mol. The van der Waals surface area contributed by atoms with Crippen LogP contribution >= 0.6 is 0 Å². The molecule has 2 rings (SSSR count). The van der Waals surface area contributed by atoms with Crippen LogP contribution in [-0.2, 0) is 4.79 Å². The van der Waals surface area contributed by atoms with Gasteiger partial charge in [-0.25, -0.2) is 0 Å². The smallest absolute Gasteiger partial charge is 0.322 e. The first-order valence-corrected chi connectivity index (χ1v) is 5.32. The highest BCUT2D eigenvalue weighted by molar-refractivity contribution is 5.90. The van der Waals surface area contributed by atoms with E-state index < -0.39 is 12.0 Å². The number of hydrogen-bond acceptors (Lipinski definition) is 4. The number of para-hydroxylation sites is 1. The molecule has 1 aromatic heterocycles. The zero-order valence-corrected chi connectivity index (χ0v) is 9.43. The van der Waals surface area contributed by atoms with Crippen molar-refractivity contribution in [1.29, 1.82) is 0 Å². The van der Waals surface area contributed by atoms with Crippen LogP contribution in [0.15, 0.2) is 34.9 Å². The molecule has 1 heterocycles. The first-order valence-electron chi connectivity index (χ1n) is 5.32. The summed E-state index contributed by atoms with van der Waals surface area (Å²) >= 11 is 0. The topological polar surface area (TPSA) is 74.5 Å². The fourth-order valence-electron chi connectivity index (χ4n) is 1.64. The van der Waals surface area contributed by atoms with Crippen molar-refractivity contribution < 1.29 is 14.3 Å². The lowest BCUT2D eigenvalue weighted by Crippen LogP contribution is -2.39. The van der Waals surface area contributed by atoms with Crippen LogP contribution in [0.5, 0.6) is 0 Å². The quantitative estimate of drug-likeness (QED) is 0.731. The molecule has 0 radical (unpaired) electrons. The Hall–Kier alpha value is -2.01. The van der Waals surface area contributed by atoms with Gasteiger partial charge in [0.2, 0.25) is 0 Å². The summed E-state index contributed by atoms with van der Waals surface area (Å²) in [5.41, 5.74) is 1.59. The third-order valence-electron chi connectivity index (χ3n) is 2.62. The van der Waals surface area contributed by atoms with Gasteiger partial charge in [-0.05, 0) is 19.2 Å². The van der Waals surface area contributed by atoms with Crippen molar-refractivity contribution in [3.05, 3.63) is 30.5 Å². The summed E-state index contributed by atoms with van der Waals surface area (Å²) in [4.78, 5) is 10.8. The predicted molar refractivity (Wildman–Crippen MR) is 65.2 cm³/mol. The zero-order valence-electron chi connectivity index (χ0n) is 9.43. The molecule has 5 nitrogen and oxygen atoms in total. The Morgan fingerprint density at radius 2 is 2.24 bits per heavy atom. The minimum Gasteiger partial charge on any atom is -0.480 e. The van der Waals surface area contributed by atoms with E-state index in [-0.39, 0.29) is 0 Å². The Morgan fingerprint density at radius 1 is 1.47 bits per heavy atom. The Kier molecular flexibility index (Phi) is 3.30. The number of carboxylic acids is 1. The van der Waals surface area contributed by atoms with E-state index in [1.807, 2.05) is 24.3 Å². The van der Waals surface area contributed by atoms with Crippen molar-refractivity contribution in [1.82, 2.24) is 5.32 Å². The molecule has 0 spiro atoms. The highest BCUT2D eigenvalue weighted by Crippen LogP contribution is 2.24. The normalized spacial score (nSPS) is 12.5. The van der Waals surface area contributed by atoms with E-state index in [0.29, 0.717) is 6.54 Å². The minimum absolute atomic E-state index is 0.301. The number of likely N-dealkylation sites (N-methyl/N-ethyl adjacent to an activating group) is 1. The maximum absolute atomic E-state index is 10.8. The van der Waals surface area contributed by atoms with Crippen LogP contribution in [0, 0.1) is 0 Å². The highest BCUT2D eigenvalue weighted by Gasteiger charge is 2.15. The molecule has 0 saturated heterocycles. The third kappa shape index (κ3) is 2.39. The third-order valence-corrected chi connectivity index (χ3v) is 2.62. The fraction of sp³-hybridized carbons (Fsp3) is 0.250. The maximum atomic E-state index is 10.8. The lowest BCUT2D eigenvalue weighted by atomic mass is 10.2. The van der Waals surface area contributed by atoms with Gasteiger partial charge in [0.15, 0.2) is 0 Å². The average molecular weight is 234 g/mol. The van der Waals surface area contributed by atoms with Crippen molar-refractivity contribution in [3.8, 4) is 0 Å². The average Bonchev–Trinajstić information content (AvgIpc) is 2.73. The Bertz CT molecular complexity index is 521. The van der Waals surface area contributed by atoms with Crippen molar-refractivity contribution in [3.63, 3.8) is 0 Å². The number of benzene rings is 1. The van der Waals surface area contributed by atoms with Gasteiger partial charge in [-0.15, -0.1) is 0 Å². The molecular weight excluding hydrogens is 220 g/mol. The van der Waals surface area contributed by atoms with Gasteiger partial charge < -0.3 is 20.2 Å². The Morgan fingerprint density at radius 3 is 2.94 bits per heavy atom. The first kappa shape index (κ1) is 11.5. The summed E-state index contributed by atoms with van der Waals surface area (Å²) in [7, 11) is 1.62. The van der Waals surface area contributed by atoms with Gasteiger partial charge in [0.1, 0.15) is 17.9 Å². The second-order valence-electron chi connectivity index (χ2n) is 3.71. The molecule has 0 fully saturated rings. The summed E-state index contributed by atoms with van der Waals surface area (Å²) < 4.78 is 5.35. The predicted octanol–water partition coefficient (Wildman–Crippen LogP) is 1.52. The molecule has 1 atom stereocenters. The summed E-state index contributed by atoms with van der Waals surface area (Å²) in [6, 6.07) is 6.98. The molecule has 0 aliphatic carbocycles. The first-order chi connectivity index (χ1) is 8.22.